The average Bonchev–Trinajstić information content (AvgIpc) is 3.37. The van der Waals surface area contributed by atoms with E-state index in [-0.39, 0.29) is 33.2 Å². The Morgan fingerprint density at radius 3 is 2.53 bits per heavy atom. The van der Waals surface area contributed by atoms with E-state index < -0.39 is 47.7 Å². The molecule has 0 unspecified atom stereocenters. The second-order valence-electron chi connectivity index (χ2n) is 8.14. The minimum Gasteiger partial charge on any atom is -0.346 e. The van der Waals surface area contributed by atoms with Crippen LogP contribution in [0.4, 0.5) is 18.9 Å². The number of hydrogen-bond donors (Lipinski definition) is 3. The van der Waals surface area contributed by atoms with Crippen molar-refractivity contribution >= 4 is 34.9 Å². The molecule has 9 nitrogen and oxygen atoms in total. The molecule has 3 N–H and O–H groups in total. The Bertz CT molecular complexity index is 1300. The van der Waals surface area contributed by atoms with E-state index in [1.165, 1.54) is 43.1 Å². The molecule has 1 aliphatic rings. The molecule has 1 saturated carbocycles. The van der Waals surface area contributed by atoms with Crippen LogP contribution in [0, 0.1) is 12.7 Å². The summed E-state index contributed by atoms with van der Waals surface area (Å²) in [7, 11) is 1.50. The van der Waals surface area contributed by atoms with Crippen molar-refractivity contribution in [2.75, 3.05) is 5.32 Å². The zero-order valence-corrected chi connectivity index (χ0v) is 18.6. The highest BCUT2D eigenvalue weighted by atomic mass is 35.5. The van der Waals surface area contributed by atoms with Gasteiger partial charge in [0.2, 0.25) is 0 Å². The Hall–Kier alpha value is -3.67. The number of H-pyrrole nitrogens is 1. The van der Waals surface area contributed by atoms with E-state index in [0.29, 0.717) is 0 Å². The largest absolute Gasteiger partial charge is 0.346 e. The van der Waals surface area contributed by atoms with Crippen LogP contribution in [0.5, 0.6) is 0 Å². The predicted molar refractivity (Wildman–Crippen MR) is 114 cm³/mol. The lowest BCUT2D eigenvalue weighted by Gasteiger charge is -2.46. The van der Waals surface area contributed by atoms with Crippen LogP contribution in [0.2, 0.25) is 5.02 Å². The standard InChI is InChI=1S/C21H18ClF3N6O3/c1-10-12(7-31(2)16(10)18(33)27-11-3-4-14(23)13(22)5-11)17(32)19(34)28-20(8-21(24,25)9-20)15-6-26-30-29-15/h3-7H,8-9H2,1-2H3,(H,27,33)(H,28,34)(H,26,29,30). The summed E-state index contributed by atoms with van der Waals surface area (Å²) >= 11 is 5.73. The number of benzene rings is 1. The van der Waals surface area contributed by atoms with E-state index in [1.54, 1.807) is 0 Å². The molecule has 178 valence electrons. The van der Waals surface area contributed by atoms with Gasteiger partial charge in [-0.25, -0.2) is 13.2 Å². The van der Waals surface area contributed by atoms with Crippen LogP contribution in [0.25, 0.3) is 0 Å². The Labute approximate surface area is 195 Å². The molecule has 3 aromatic rings. The quantitative estimate of drug-likeness (QED) is 0.359. The van der Waals surface area contributed by atoms with Crippen molar-refractivity contribution < 1.29 is 27.6 Å². The summed E-state index contributed by atoms with van der Waals surface area (Å²) in [6.45, 7) is 1.47. The maximum Gasteiger partial charge on any atom is 0.293 e. The number of nitrogens with zero attached hydrogens (tertiary/aromatic N) is 3. The van der Waals surface area contributed by atoms with Crippen molar-refractivity contribution in [2.45, 2.75) is 31.2 Å². The molecule has 2 heterocycles. The van der Waals surface area contributed by atoms with Gasteiger partial charge in [-0.3, -0.25) is 14.4 Å². The first-order valence-corrected chi connectivity index (χ1v) is 10.3. The van der Waals surface area contributed by atoms with E-state index in [0.717, 1.165) is 6.07 Å². The highest BCUT2D eigenvalue weighted by Gasteiger charge is 2.60. The number of carbonyl (C=O) groups excluding carboxylic acids is 3. The fourth-order valence-electron chi connectivity index (χ4n) is 4.06. The number of alkyl halides is 2. The molecule has 2 amide bonds. The monoisotopic (exact) mass is 494 g/mol. The van der Waals surface area contributed by atoms with Crippen molar-refractivity contribution in [2.24, 2.45) is 7.05 Å². The first-order valence-electron chi connectivity index (χ1n) is 9.96. The molecular weight excluding hydrogens is 477 g/mol. The third kappa shape index (κ3) is 4.16. The van der Waals surface area contributed by atoms with Crippen LogP contribution in [0.3, 0.4) is 0 Å². The minimum absolute atomic E-state index is 0.0676. The maximum atomic E-state index is 13.7. The lowest BCUT2D eigenvalue weighted by molar-refractivity contribution is -0.148. The van der Waals surface area contributed by atoms with Gasteiger partial charge in [0.1, 0.15) is 17.2 Å². The number of ketones is 1. The molecule has 0 saturated heterocycles. The van der Waals surface area contributed by atoms with E-state index in [9.17, 15) is 27.6 Å². The van der Waals surface area contributed by atoms with Crippen molar-refractivity contribution in [1.82, 2.24) is 25.3 Å². The normalized spacial score (nSPS) is 15.9. The summed E-state index contributed by atoms with van der Waals surface area (Å²) in [5, 5.41) is 14.4. The van der Waals surface area contributed by atoms with Gasteiger partial charge in [0.15, 0.2) is 0 Å². The zero-order valence-electron chi connectivity index (χ0n) is 17.9. The molecule has 4 rings (SSSR count). The smallest absolute Gasteiger partial charge is 0.293 e. The number of amides is 2. The molecule has 0 aliphatic heterocycles. The number of Topliss-reactive ketones (excluding diaryl/α,β-unsaturated/α-hetero) is 1. The van der Waals surface area contributed by atoms with Gasteiger partial charge in [0.25, 0.3) is 23.5 Å². The molecule has 0 bridgehead atoms. The van der Waals surface area contributed by atoms with Gasteiger partial charge in [0, 0.05) is 37.3 Å². The lowest BCUT2D eigenvalue weighted by atomic mass is 9.71. The van der Waals surface area contributed by atoms with Crippen LogP contribution in [-0.4, -0.2) is 43.5 Å². The number of carbonyl (C=O) groups is 3. The van der Waals surface area contributed by atoms with E-state index >= 15 is 0 Å². The number of nitrogens with one attached hydrogen (secondary N) is 3. The highest BCUT2D eigenvalue weighted by molar-refractivity contribution is 6.43. The summed E-state index contributed by atoms with van der Waals surface area (Å²) in [4.78, 5) is 38.4. The zero-order chi connectivity index (χ0) is 24.8. The minimum atomic E-state index is -3.02. The summed E-state index contributed by atoms with van der Waals surface area (Å²) < 4.78 is 42.0. The number of aromatic nitrogens is 4. The summed E-state index contributed by atoms with van der Waals surface area (Å²) in [6, 6.07) is 3.63. The fourth-order valence-corrected chi connectivity index (χ4v) is 4.24. The molecule has 2 aromatic heterocycles. The molecule has 1 fully saturated rings. The maximum absolute atomic E-state index is 13.7. The number of aryl methyl sites for hydroxylation is 1. The van der Waals surface area contributed by atoms with E-state index in [2.05, 4.69) is 26.0 Å². The third-order valence-electron chi connectivity index (χ3n) is 5.66. The predicted octanol–water partition coefficient (Wildman–Crippen LogP) is 3.12. The lowest BCUT2D eigenvalue weighted by Crippen LogP contribution is -2.61. The van der Waals surface area contributed by atoms with Crippen molar-refractivity contribution in [3.63, 3.8) is 0 Å². The third-order valence-corrected chi connectivity index (χ3v) is 5.95. The summed E-state index contributed by atoms with van der Waals surface area (Å²) in [5.41, 5.74) is -1.04. The fraction of sp³-hybridized carbons (Fsp3) is 0.286. The van der Waals surface area contributed by atoms with Gasteiger partial charge in [-0.1, -0.05) is 11.6 Å². The molecule has 13 heteroatoms. The topological polar surface area (TPSA) is 122 Å². The summed E-state index contributed by atoms with van der Waals surface area (Å²) in [6.07, 6.45) is 1.04. The summed E-state index contributed by atoms with van der Waals surface area (Å²) in [5.74, 6) is -6.42. The Kier molecular flexibility index (Phi) is 5.72. The van der Waals surface area contributed by atoms with Gasteiger partial charge in [-0.15, -0.1) is 0 Å². The Morgan fingerprint density at radius 2 is 1.94 bits per heavy atom. The SMILES string of the molecule is Cc1c(C(=O)C(=O)NC2(c3cn[nH]n3)CC(F)(F)C2)cn(C)c1C(=O)Nc1ccc(F)c(Cl)c1. The van der Waals surface area contributed by atoms with Gasteiger partial charge in [-0.05, 0) is 30.7 Å². The Balaban J connectivity index is 1.55. The first-order chi connectivity index (χ1) is 15.9. The van der Waals surface area contributed by atoms with Crippen LogP contribution in [-0.2, 0) is 17.4 Å². The van der Waals surface area contributed by atoms with Crippen LogP contribution in [0.15, 0.2) is 30.6 Å². The molecule has 0 atom stereocenters. The van der Waals surface area contributed by atoms with Crippen molar-refractivity contribution in [3.8, 4) is 0 Å². The van der Waals surface area contributed by atoms with Gasteiger partial charge >= 0.3 is 0 Å². The molecule has 0 spiro atoms. The second kappa shape index (κ2) is 8.28. The van der Waals surface area contributed by atoms with Crippen LogP contribution < -0.4 is 10.6 Å². The van der Waals surface area contributed by atoms with Gasteiger partial charge in [0.05, 0.1) is 16.8 Å². The van der Waals surface area contributed by atoms with Gasteiger partial charge < -0.3 is 15.2 Å². The second-order valence-corrected chi connectivity index (χ2v) is 8.55. The van der Waals surface area contributed by atoms with E-state index in [1.807, 2.05) is 0 Å². The van der Waals surface area contributed by atoms with Gasteiger partial charge in [-0.2, -0.15) is 15.4 Å². The number of aromatic amines is 1. The Morgan fingerprint density at radius 1 is 1.24 bits per heavy atom. The highest BCUT2D eigenvalue weighted by Crippen LogP contribution is 2.51. The number of rotatable bonds is 6. The molecule has 34 heavy (non-hydrogen) atoms. The number of hydrogen-bond acceptors (Lipinski definition) is 5. The van der Waals surface area contributed by atoms with Crippen LogP contribution in [0.1, 0.15) is 44.9 Å². The van der Waals surface area contributed by atoms with Crippen molar-refractivity contribution in [3.05, 3.63) is 63.9 Å². The molecular formula is C21H18ClF3N6O3. The molecule has 1 aromatic carbocycles. The van der Waals surface area contributed by atoms with E-state index in [4.69, 9.17) is 11.6 Å². The molecule has 0 radical (unpaired) electrons. The number of anilines is 1. The number of halogens is 4. The first kappa shape index (κ1) is 23.5. The van der Waals surface area contributed by atoms with Crippen LogP contribution >= 0.6 is 11.6 Å². The molecule has 1 aliphatic carbocycles. The average molecular weight is 495 g/mol. The van der Waals surface area contributed by atoms with Crippen molar-refractivity contribution in [1.29, 1.82) is 0 Å².